The van der Waals surface area contributed by atoms with Crippen LogP contribution < -0.4 is 14.9 Å². The molecule has 0 saturated heterocycles. The molecule has 1 N–H and O–H groups in total. The van der Waals surface area contributed by atoms with Gasteiger partial charge in [-0.2, -0.15) is 5.10 Å². The third kappa shape index (κ3) is 4.03. The molecular formula is C20H17BrN2O3. The molecule has 0 bridgehead atoms. The van der Waals surface area contributed by atoms with Gasteiger partial charge in [0, 0.05) is 4.47 Å². The summed E-state index contributed by atoms with van der Waals surface area (Å²) in [5.74, 6) is 1.10. The molecule has 0 aromatic heterocycles. The molecule has 0 saturated carbocycles. The molecule has 0 fully saturated rings. The van der Waals surface area contributed by atoms with Gasteiger partial charge in [0.2, 0.25) is 0 Å². The van der Waals surface area contributed by atoms with Crippen molar-refractivity contribution in [1.29, 1.82) is 0 Å². The SMILES string of the molecule is COc1ccc(Br)c(C(=O)N/N=C\c2ccc3cc(OC)ccc3c2)c1. The Hall–Kier alpha value is -2.86. The molecule has 0 radical (unpaired) electrons. The minimum Gasteiger partial charge on any atom is -0.497 e. The van der Waals surface area contributed by atoms with Crippen molar-refractivity contribution in [2.75, 3.05) is 14.2 Å². The van der Waals surface area contributed by atoms with Gasteiger partial charge in [-0.3, -0.25) is 4.79 Å². The lowest BCUT2D eigenvalue weighted by atomic mass is 10.1. The lowest BCUT2D eigenvalue weighted by Gasteiger charge is -2.06. The Morgan fingerprint density at radius 1 is 0.962 bits per heavy atom. The minimum absolute atomic E-state index is 0.322. The van der Waals surface area contributed by atoms with Crippen LogP contribution >= 0.6 is 15.9 Å². The first-order valence-electron chi connectivity index (χ1n) is 7.85. The predicted octanol–water partition coefficient (Wildman–Crippen LogP) is 4.38. The molecule has 26 heavy (non-hydrogen) atoms. The van der Waals surface area contributed by atoms with Crippen molar-refractivity contribution in [2.45, 2.75) is 0 Å². The second-order valence-corrected chi connectivity index (χ2v) is 6.37. The number of ether oxygens (including phenoxy) is 2. The summed E-state index contributed by atoms with van der Waals surface area (Å²) < 4.78 is 11.0. The number of hydrogen-bond donors (Lipinski definition) is 1. The highest BCUT2D eigenvalue weighted by Crippen LogP contribution is 2.23. The lowest BCUT2D eigenvalue weighted by Crippen LogP contribution is -2.18. The number of methoxy groups -OCH3 is 2. The number of hydrazone groups is 1. The zero-order valence-electron chi connectivity index (χ0n) is 14.3. The van der Waals surface area contributed by atoms with Crippen LogP contribution in [0.5, 0.6) is 11.5 Å². The molecule has 0 atom stereocenters. The van der Waals surface area contributed by atoms with Crippen molar-refractivity contribution < 1.29 is 14.3 Å². The van der Waals surface area contributed by atoms with E-state index in [2.05, 4.69) is 26.5 Å². The summed E-state index contributed by atoms with van der Waals surface area (Å²) in [5.41, 5.74) is 3.86. The summed E-state index contributed by atoms with van der Waals surface area (Å²) in [6.45, 7) is 0. The van der Waals surface area contributed by atoms with E-state index in [0.29, 0.717) is 15.8 Å². The average Bonchev–Trinajstić information content (AvgIpc) is 2.67. The van der Waals surface area contributed by atoms with Crippen LogP contribution in [0.4, 0.5) is 0 Å². The fourth-order valence-electron chi connectivity index (χ4n) is 2.48. The van der Waals surface area contributed by atoms with Crippen LogP contribution in [0.15, 0.2) is 64.2 Å². The molecule has 5 nitrogen and oxygen atoms in total. The van der Waals surface area contributed by atoms with E-state index in [0.717, 1.165) is 22.1 Å². The fraction of sp³-hybridized carbons (Fsp3) is 0.100. The van der Waals surface area contributed by atoms with Gasteiger partial charge in [0.1, 0.15) is 11.5 Å². The fourth-order valence-corrected chi connectivity index (χ4v) is 2.91. The highest BCUT2D eigenvalue weighted by molar-refractivity contribution is 9.10. The van der Waals surface area contributed by atoms with E-state index in [-0.39, 0.29) is 5.91 Å². The number of hydrogen-bond acceptors (Lipinski definition) is 4. The van der Waals surface area contributed by atoms with Gasteiger partial charge in [0.25, 0.3) is 5.91 Å². The normalized spacial score (nSPS) is 10.9. The molecule has 6 heteroatoms. The van der Waals surface area contributed by atoms with E-state index in [1.54, 1.807) is 38.6 Å². The molecule has 1 amide bonds. The largest absolute Gasteiger partial charge is 0.497 e. The molecule has 0 aliphatic carbocycles. The third-order valence-electron chi connectivity index (χ3n) is 3.87. The van der Waals surface area contributed by atoms with Gasteiger partial charge in [0.15, 0.2) is 0 Å². The Morgan fingerprint density at radius 3 is 2.38 bits per heavy atom. The average molecular weight is 413 g/mol. The van der Waals surface area contributed by atoms with Gasteiger partial charge >= 0.3 is 0 Å². The summed E-state index contributed by atoms with van der Waals surface area (Å²) >= 11 is 3.36. The van der Waals surface area contributed by atoms with E-state index in [4.69, 9.17) is 9.47 Å². The van der Waals surface area contributed by atoms with Crippen LogP contribution in [0.3, 0.4) is 0 Å². The molecule has 0 unspecified atom stereocenters. The minimum atomic E-state index is -0.322. The van der Waals surface area contributed by atoms with Crippen LogP contribution in [-0.4, -0.2) is 26.3 Å². The quantitative estimate of drug-likeness (QED) is 0.499. The summed E-state index contributed by atoms with van der Waals surface area (Å²) in [6, 6.07) is 17.0. The van der Waals surface area contributed by atoms with Crippen molar-refractivity contribution >= 4 is 38.8 Å². The molecule has 0 aliphatic heterocycles. The zero-order valence-corrected chi connectivity index (χ0v) is 15.9. The number of carbonyl (C=O) groups is 1. The van der Waals surface area contributed by atoms with E-state index >= 15 is 0 Å². The Balaban J connectivity index is 1.74. The van der Waals surface area contributed by atoms with Crippen LogP contribution in [0.2, 0.25) is 0 Å². The van der Waals surface area contributed by atoms with Crippen LogP contribution in [-0.2, 0) is 0 Å². The second-order valence-electron chi connectivity index (χ2n) is 5.52. The summed E-state index contributed by atoms with van der Waals surface area (Å²) in [6.07, 6.45) is 1.61. The standard InChI is InChI=1S/C20H17BrN2O3/c1-25-16-6-5-14-9-13(3-4-15(14)10-16)12-22-23-20(24)18-11-17(26-2)7-8-19(18)21/h3-12H,1-2H3,(H,23,24)/b22-12-. The van der Waals surface area contributed by atoms with Gasteiger partial charge in [-0.05, 0) is 68.7 Å². The van der Waals surface area contributed by atoms with Crippen LogP contribution in [0.1, 0.15) is 15.9 Å². The van der Waals surface area contributed by atoms with E-state index in [9.17, 15) is 4.79 Å². The summed E-state index contributed by atoms with van der Waals surface area (Å²) in [4.78, 5) is 12.3. The monoisotopic (exact) mass is 412 g/mol. The smallest absolute Gasteiger partial charge is 0.272 e. The maximum atomic E-state index is 12.3. The number of nitrogens with one attached hydrogen (secondary N) is 1. The Bertz CT molecular complexity index is 986. The number of rotatable bonds is 5. The lowest BCUT2D eigenvalue weighted by molar-refractivity contribution is 0.0954. The molecule has 3 rings (SSSR count). The molecule has 0 heterocycles. The van der Waals surface area contributed by atoms with Gasteiger partial charge in [0.05, 0.1) is 26.0 Å². The topological polar surface area (TPSA) is 59.9 Å². The molecule has 3 aromatic carbocycles. The van der Waals surface area contributed by atoms with Crippen molar-refractivity contribution in [3.05, 3.63) is 70.2 Å². The maximum absolute atomic E-state index is 12.3. The first kappa shape index (κ1) is 17.9. The first-order valence-corrected chi connectivity index (χ1v) is 8.65. The highest BCUT2D eigenvalue weighted by atomic mass is 79.9. The number of halogens is 1. The van der Waals surface area contributed by atoms with E-state index in [1.165, 1.54) is 0 Å². The van der Waals surface area contributed by atoms with Crippen LogP contribution in [0, 0.1) is 0 Å². The van der Waals surface area contributed by atoms with Crippen molar-refractivity contribution in [3.8, 4) is 11.5 Å². The molecular weight excluding hydrogens is 396 g/mol. The number of amides is 1. The molecule has 0 spiro atoms. The van der Waals surface area contributed by atoms with Crippen molar-refractivity contribution in [1.82, 2.24) is 5.43 Å². The molecule has 3 aromatic rings. The van der Waals surface area contributed by atoms with Gasteiger partial charge < -0.3 is 9.47 Å². The van der Waals surface area contributed by atoms with E-state index in [1.807, 2.05) is 36.4 Å². The molecule has 0 aliphatic rings. The third-order valence-corrected chi connectivity index (χ3v) is 4.56. The number of nitrogens with zero attached hydrogens (tertiary/aromatic N) is 1. The Morgan fingerprint density at radius 2 is 1.62 bits per heavy atom. The van der Waals surface area contributed by atoms with Crippen molar-refractivity contribution in [2.24, 2.45) is 5.10 Å². The predicted molar refractivity (Wildman–Crippen MR) is 106 cm³/mol. The summed E-state index contributed by atoms with van der Waals surface area (Å²) in [7, 11) is 3.20. The second kappa shape index (κ2) is 8.01. The maximum Gasteiger partial charge on any atom is 0.272 e. The Labute approximate surface area is 159 Å². The first-order chi connectivity index (χ1) is 12.6. The summed E-state index contributed by atoms with van der Waals surface area (Å²) in [5, 5.41) is 6.19. The van der Waals surface area contributed by atoms with E-state index < -0.39 is 0 Å². The van der Waals surface area contributed by atoms with Gasteiger partial charge in [-0.1, -0.05) is 18.2 Å². The Kier molecular flexibility index (Phi) is 5.53. The van der Waals surface area contributed by atoms with Gasteiger partial charge in [-0.15, -0.1) is 0 Å². The number of benzene rings is 3. The van der Waals surface area contributed by atoms with Crippen LogP contribution in [0.25, 0.3) is 10.8 Å². The zero-order chi connectivity index (χ0) is 18.5. The highest BCUT2D eigenvalue weighted by Gasteiger charge is 2.10. The van der Waals surface area contributed by atoms with Gasteiger partial charge in [-0.25, -0.2) is 5.43 Å². The molecule has 132 valence electrons. The number of fused-ring (bicyclic) bond motifs is 1. The van der Waals surface area contributed by atoms with Crippen molar-refractivity contribution in [3.63, 3.8) is 0 Å². The number of carbonyl (C=O) groups excluding carboxylic acids is 1.